The molecular weight excluding hydrogens is 456 g/mol. The third-order valence-corrected chi connectivity index (χ3v) is 6.25. The Balaban J connectivity index is 1.68. The van der Waals surface area contributed by atoms with Gasteiger partial charge in [-0.2, -0.15) is 0 Å². The minimum Gasteiger partial charge on any atom is -0.493 e. The van der Waals surface area contributed by atoms with Crippen molar-refractivity contribution in [3.8, 4) is 17.2 Å². The molecule has 0 atom stereocenters. The Kier molecular flexibility index (Phi) is 7.80. The third kappa shape index (κ3) is 6.08. The molecule has 0 aliphatic heterocycles. The Morgan fingerprint density at radius 2 is 1.38 bits per heavy atom. The molecule has 1 amide bonds. The topological polar surface area (TPSA) is 103 Å². The van der Waals surface area contributed by atoms with Crippen LogP contribution in [-0.2, 0) is 14.8 Å². The van der Waals surface area contributed by atoms with Crippen molar-refractivity contribution in [1.29, 1.82) is 0 Å². The molecule has 8 nitrogen and oxygen atoms in total. The molecular formula is C25H26N2O6S. The van der Waals surface area contributed by atoms with Gasteiger partial charge >= 0.3 is 0 Å². The largest absolute Gasteiger partial charge is 0.493 e. The number of sulfonamides is 1. The van der Waals surface area contributed by atoms with E-state index in [9.17, 15) is 13.2 Å². The van der Waals surface area contributed by atoms with Gasteiger partial charge in [0.15, 0.2) is 11.5 Å². The van der Waals surface area contributed by atoms with Gasteiger partial charge in [-0.05, 0) is 67.1 Å². The lowest BCUT2D eigenvalue weighted by molar-refractivity contribution is -0.111. The molecule has 0 aliphatic rings. The fraction of sp³-hybridized carbons (Fsp3) is 0.160. The number of anilines is 2. The summed E-state index contributed by atoms with van der Waals surface area (Å²) in [7, 11) is 0.788. The fourth-order valence-corrected chi connectivity index (χ4v) is 4.17. The van der Waals surface area contributed by atoms with Crippen LogP contribution in [0.3, 0.4) is 0 Å². The number of carbonyl (C=O) groups excluding carboxylic acids is 1. The van der Waals surface area contributed by atoms with Crippen molar-refractivity contribution in [2.75, 3.05) is 31.4 Å². The Morgan fingerprint density at radius 3 is 1.91 bits per heavy atom. The average Bonchev–Trinajstić information content (AvgIpc) is 2.83. The van der Waals surface area contributed by atoms with Crippen molar-refractivity contribution < 1.29 is 27.4 Å². The number of carbonyl (C=O) groups is 1. The predicted molar refractivity (Wildman–Crippen MR) is 132 cm³/mol. The van der Waals surface area contributed by atoms with E-state index in [2.05, 4.69) is 10.0 Å². The number of amides is 1. The number of benzene rings is 3. The van der Waals surface area contributed by atoms with E-state index in [0.29, 0.717) is 34.2 Å². The lowest BCUT2D eigenvalue weighted by Crippen LogP contribution is -2.13. The van der Waals surface area contributed by atoms with E-state index in [0.717, 1.165) is 5.56 Å². The maximum Gasteiger partial charge on any atom is 0.261 e. The first-order valence-corrected chi connectivity index (χ1v) is 11.7. The Labute approximate surface area is 199 Å². The minimum atomic E-state index is -3.75. The normalized spacial score (nSPS) is 11.2. The highest BCUT2D eigenvalue weighted by Gasteiger charge is 2.15. The second-order valence-corrected chi connectivity index (χ2v) is 8.96. The van der Waals surface area contributed by atoms with Crippen LogP contribution in [0.25, 0.3) is 6.08 Å². The molecule has 0 bridgehead atoms. The van der Waals surface area contributed by atoms with Crippen LogP contribution in [0.2, 0.25) is 0 Å². The zero-order valence-electron chi connectivity index (χ0n) is 19.3. The van der Waals surface area contributed by atoms with Crippen LogP contribution in [0.15, 0.2) is 71.6 Å². The van der Waals surface area contributed by atoms with Crippen LogP contribution in [0.5, 0.6) is 17.2 Å². The molecule has 9 heteroatoms. The molecule has 0 spiro atoms. The van der Waals surface area contributed by atoms with Crippen molar-refractivity contribution in [3.05, 3.63) is 77.9 Å². The number of methoxy groups -OCH3 is 3. The fourth-order valence-electron chi connectivity index (χ4n) is 3.11. The SMILES string of the molecule is COc1cc(/C=C/C(=O)Nc2ccc(S(=O)(=O)Nc3ccc(C)cc3)cc2)cc(OC)c1OC. The van der Waals surface area contributed by atoms with Crippen LogP contribution in [-0.4, -0.2) is 35.7 Å². The molecule has 0 saturated heterocycles. The van der Waals surface area contributed by atoms with Gasteiger partial charge in [-0.1, -0.05) is 17.7 Å². The molecule has 0 radical (unpaired) electrons. The van der Waals surface area contributed by atoms with Gasteiger partial charge < -0.3 is 19.5 Å². The number of rotatable bonds is 9. The molecule has 0 heterocycles. The van der Waals surface area contributed by atoms with E-state index in [-0.39, 0.29) is 10.8 Å². The molecule has 34 heavy (non-hydrogen) atoms. The summed E-state index contributed by atoms with van der Waals surface area (Å²) in [5.41, 5.74) is 2.63. The summed E-state index contributed by atoms with van der Waals surface area (Å²) in [6.45, 7) is 1.92. The standard InChI is InChI=1S/C25H26N2O6S/c1-17-5-8-20(9-6-17)27-34(29,30)21-12-10-19(11-13-21)26-24(28)14-7-18-15-22(31-2)25(33-4)23(16-18)32-3/h5-16,27H,1-4H3,(H,26,28)/b14-7+. The van der Waals surface area contributed by atoms with Crippen molar-refractivity contribution in [2.24, 2.45) is 0 Å². The summed E-state index contributed by atoms with van der Waals surface area (Å²) in [6, 6.07) is 16.4. The van der Waals surface area contributed by atoms with Crippen LogP contribution in [0, 0.1) is 6.92 Å². The smallest absolute Gasteiger partial charge is 0.261 e. The maximum atomic E-state index is 12.6. The monoisotopic (exact) mass is 482 g/mol. The highest BCUT2D eigenvalue weighted by molar-refractivity contribution is 7.92. The molecule has 178 valence electrons. The molecule has 0 aromatic heterocycles. The van der Waals surface area contributed by atoms with Gasteiger partial charge in [0.05, 0.1) is 26.2 Å². The summed E-state index contributed by atoms with van der Waals surface area (Å²) in [6.07, 6.45) is 2.95. The number of hydrogen-bond acceptors (Lipinski definition) is 6. The van der Waals surface area contributed by atoms with Gasteiger partial charge in [-0.25, -0.2) is 8.42 Å². The summed E-state index contributed by atoms with van der Waals surface area (Å²) >= 11 is 0. The highest BCUT2D eigenvalue weighted by atomic mass is 32.2. The van der Waals surface area contributed by atoms with E-state index >= 15 is 0 Å². The summed E-state index contributed by atoms with van der Waals surface area (Å²) in [4.78, 5) is 12.4. The first-order valence-electron chi connectivity index (χ1n) is 10.2. The number of nitrogens with one attached hydrogen (secondary N) is 2. The van der Waals surface area contributed by atoms with Gasteiger partial charge in [0.1, 0.15) is 0 Å². The van der Waals surface area contributed by atoms with Gasteiger partial charge in [-0.15, -0.1) is 0 Å². The van der Waals surface area contributed by atoms with Gasteiger partial charge in [-0.3, -0.25) is 9.52 Å². The van der Waals surface area contributed by atoms with Crippen molar-refractivity contribution in [2.45, 2.75) is 11.8 Å². The highest BCUT2D eigenvalue weighted by Crippen LogP contribution is 2.38. The van der Waals surface area contributed by atoms with E-state index in [1.54, 1.807) is 30.3 Å². The second-order valence-electron chi connectivity index (χ2n) is 7.28. The Hall–Kier alpha value is -3.98. The zero-order valence-corrected chi connectivity index (χ0v) is 20.1. The first-order chi connectivity index (χ1) is 16.2. The quantitative estimate of drug-likeness (QED) is 0.436. The number of aryl methyl sites for hydroxylation is 1. The average molecular weight is 483 g/mol. The van der Waals surface area contributed by atoms with E-state index in [1.807, 2.05) is 19.1 Å². The van der Waals surface area contributed by atoms with Crippen LogP contribution in [0.1, 0.15) is 11.1 Å². The Bertz CT molecular complexity index is 1260. The van der Waals surface area contributed by atoms with Gasteiger partial charge in [0, 0.05) is 17.5 Å². The molecule has 0 fully saturated rings. The molecule has 0 saturated carbocycles. The van der Waals surface area contributed by atoms with E-state index in [4.69, 9.17) is 14.2 Å². The van der Waals surface area contributed by atoms with Crippen molar-refractivity contribution >= 4 is 33.4 Å². The van der Waals surface area contributed by atoms with Crippen molar-refractivity contribution in [3.63, 3.8) is 0 Å². The molecule has 3 rings (SSSR count). The van der Waals surface area contributed by atoms with Crippen LogP contribution >= 0.6 is 0 Å². The van der Waals surface area contributed by atoms with Crippen LogP contribution in [0.4, 0.5) is 11.4 Å². The maximum absolute atomic E-state index is 12.6. The third-order valence-electron chi connectivity index (χ3n) is 4.85. The Morgan fingerprint density at radius 1 is 0.824 bits per heavy atom. The summed E-state index contributed by atoms with van der Waals surface area (Å²) in [5.74, 6) is 1.01. The molecule has 0 aliphatic carbocycles. The molecule has 2 N–H and O–H groups in total. The van der Waals surface area contributed by atoms with E-state index < -0.39 is 10.0 Å². The number of ether oxygens (including phenoxy) is 3. The molecule has 3 aromatic rings. The van der Waals surface area contributed by atoms with E-state index in [1.165, 1.54) is 51.7 Å². The number of hydrogen-bond donors (Lipinski definition) is 2. The summed E-state index contributed by atoms with van der Waals surface area (Å²) < 4.78 is 43.6. The van der Waals surface area contributed by atoms with Crippen LogP contribution < -0.4 is 24.2 Å². The zero-order chi connectivity index (χ0) is 24.7. The predicted octanol–water partition coefficient (Wildman–Crippen LogP) is 4.47. The van der Waals surface area contributed by atoms with Crippen molar-refractivity contribution in [1.82, 2.24) is 0 Å². The van der Waals surface area contributed by atoms with Gasteiger partial charge in [0.25, 0.3) is 10.0 Å². The van der Waals surface area contributed by atoms with Gasteiger partial charge in [0.2, 0.25) is 11.7 Å². The first kappa shape index (κ1) is 24.7. The summed E-state index contributed by atoms with van der Waals surface area (Å²) in [5, 5.41) is 2.70. The second kappa shape index (κ2) is 10.8. The minimum absolute atomic E-state index is 0.0824. The molecule has 0 unspecified atom stereocenters. The molecule has 3 aromatic carbocycles. The lowest BCUT2D eigenvalue weighted by atomic mass is 10.1. The lowest BCUT2D eigenvalue weighted by Gasteiger charge is -2.12.